The minimum atomic E-state index is 0.653. The van der Waals surface area contributed by atoms with Crippen molar-refractivity contribution in [1.82, 2.24) is 0 Å². The second-order valence-electron chi connectivity index (χ2n) is 16.2. The van der Waals surface area contributed by atoms with Crippen molar-refractivity contribution in [3.8, 4) is 78.9 Å². The van der Waals surface area contributed by atoms with Crippen molar-refractivity contribution in [2.45, 2.75) is 27.7 Å². The summed E-state index contributed by atoms with van der Waals surface area (Å²) in [5.74, 6) is 0. The Bertz CT molecular complexity index is 3300. The number of fused-ring (bicyclic) bond motifs is 8. The largest absolute Gasteiger partial charge is 0.192 e. The van der Waals surface area contributed by atoms with Crippen molar-refractivity contribution < 1.29 is 0 Å². The minimum absolute atomic E-state index is 0.653. The topological polar surface area (TPSA) is 47.6 Å². The Hall–Kier alpha value is -7.26. The summed E-state index contributed by atoms with van der Waals surface area (Å²) in [4.78, 5) is 0. The van der Waals surface area contributed by atoms with Crippen molar-refractivity contribution in [2.75, 3.05) is 0 Å². The van der Waals surface area contributed by atoms with Gasteiger partial charge in [0.05, 0.1) is 23.3 Å². The van der Waals surface area contributed by atoms with E-state index < -0.39 is 0 Å². The van der Waals surface area contributed by atoms with E-state index in [-0.39, 0.29) is 0 Å². The van der Waals surface area contributed by atoms with E-state index in [0.717, 1.165) is 11.1 Å². The molecule has 2 heteroatoms. The zero-order valence-corrected chi connectivity index (χ0v) is 31.4. The molecule has 0 atom stereocenters. The molecule has 0 fully saturated rings. The van der Waals surface area contributed by atoms with Gasteiger partial charge in [-0.3, -0.25) is 0 Å². The lowest BCUT2D eigenvalue weighted by Gasteiger charge is -2.23. The van der Waals surface area contributed by atoms with Gasteiger partial charge in [0.15, 0.2) is 0 Å². The number of hydrogen-bond donors (Lipinski definition) is 0. The second kappa shape index (κ2) is 10.7. The predicted molar refractivity (Wildman–Crippen MR) is 233 cm³/mol. The van der Waals surface area contributed by atoms with Crippen LogP contribution in [0.5, 0.6) is 0 Å². The molecule has 12 rings (SSSR count). The molecule has 0 saturated carbocycles. The maximum Gasteiger partial charge on any atom is 0.0991 e. The van der Waals surface area contributed by atoms with Gasteiger partial charge in [0.1, 0.15) is 0 Å². The van der Waals surface area contributed by atoms with E-state index in [4.69, 9.17) is 0 Å². The minimum Gasteiger partial charge on any atom is -0.192 e. The smallest absolute Gasteiger partial charge is 0.0991 e. The average molecular weight is 709 g/mol. The fraction of sp³-hybridized carbons (Fsp3) is 0.0741. The van der Waals surface area contributed by atoms with Gasteiger partial charge in [-0.15, -0.1) is 0 Å². The van der Waals surface area contributed by atoms with Gasteiger partial charge in [0.2, 0.25) is 0 Å². The summed E-state index contributed by atoms with van der Waals surface area (Å²) in [6, 6.07) is 49.5. The van der Waals surface area contributed by atoms with Crippen LogP contribution in [0, 0.1) is 50.4 Å². The molecule has 2 aliphatic rings. The molecule has 0 bridgehead atoms. The first-order valence-corrected chi connectivity index (χ1v) is 19.3. The molecular formula is C54H32N2. The van der Waals surface area contributed by atoms with E-state index in [0.29, 0.717) is 11.1 Å². The summed E-state index contributed by atoms with van der Waals surface area (Å²) in [6.45, 7) is 8.83. The van der Waals surface area contributed by atoms with Gasteiger partial charge in [-0.2, -0.15) is 10.5 Å². The summed E-state index contributed by atoms with van der Waals surface area (Å²) in [5.41, 5.74) is 21.1. The Morgan fingerprint density at radius 3 is 1.02 bits per heavy atom. The quantitative estimate of drug-likeness (QED) is 0.168. The molecule has 0 amide bonds. The SMILES string of the molecule is Cc1cc2c3c(cc(C)cc3c1)-c1c-2cc2c(-c3ccc(C#N)cc3)cc3c4c(cc5c(-c6ccc(C#N)cc6)cc1c2c53)-c1cc(C)cc2cc(C)cc-4c12. The average Bonchev–Trinajstić information content (AvgIpc) is 3.68. The fourth-order valence-corrected chi connectivity index (χ4v) is 10.5. The Labute approximate surface area is 324 Å². The number of benzene rings is 10. The summed E-state index contributed by atoms with van der Waals surface area (Å²) >= 11 is 0. The maximum absolute atomic E-state index is 9.77. The third-order valence-corrected chi connectivity index (χ3v) is 12.6. The van der Waals surface area contributed by atoms with Crippen LogP contribution in [-0.4, -0.2) is 0 Å². The van der Waals surface area contributed by atoms with Crippen LogP contribution in [-0.2, 0) is 0 Å². The van der Waals surface area contributed by atoms with Crippen LogP contribution in [0.15, 0.2) is 121 Å². The van der Waals surface area contributed by atoms with Gasteiger partial charge < -0.3 is 0 Å². The molecule has 0 heterocycles. The first kappa shape index (κ1) is 31.1. The fourth-order valence-electron chi connectivity index (χ4n) is 10.5. The molecule has 0 saturated heterocycles. The molecule has 0 aliphatic heterocycles. The third-order valence-electron chi connectivity index (χ3n) is 12.6. The molecular weight excluding hydrogens is 677 g/mol. The highest BCUT2D eigenvalue weighted by Crippen LogP contribution is 2.59. The normalized spacial score (nSPS) is 12.2. The highest BCUT2D eigenvalue weighted by atomic mass is 14.3. The predicted octanol–water partition coefficient (Wildman–Crippen LogP) is 14.5. The molecule has 2 nitrogen and oxygen atoms in total. The summed E-state index contributed by atoms with van der Waals surface area (Å²) in [7, 11) is 0. The van der Waals surface area contributed by atoms with Gasteiger partial charge in [0, 0.05) is 0 Å². The van der Waals surface area contributed by atoms with Gasteiger partial charge in [-0.1, -0.05) is 72.8 Å². The molecule has 0 aromatic heterocycles. The Morgan fingerprint density at radius 2 is 0.661 bits per heavy atom. The number of rotatable bonds is 2. The van der Waals surface area contributed by atoms with Crippen LogP contribution in [0.4, 0.5) is 0 Å². The van der Waals surface area contributed by atoms with E-state index in [1.807, 2.05) is 24.3 Å². The van der Waals surface area contributed by atoms with Gasteiger partial charge in [-0.05, 0) is 219 Å². The summed E-state index contributed by atoms with van der Waals surface area (Å²) < 4.78 is 0. The highest BCUT2D eigenvalue weighted by molar-refractivity contribution is 6.38. The standard InChI is InChI=1S/C54H32N2/c1-27-13-35-15-29(3)19-45-49(35)39(17-27)43-23-41-37(33-9-5-31(25-55)6-10-33)22-48-52-44(40-18-28(2)14-36-16-30(4)20-46(52)50(36)40)24-42-38(34-11-7-32(26-56)8-12-34)21-47(51(43)45)53(41)54(42)48/h5-24H,1-4H3. The summed E-state index contributed by atoms with van der Waals surface area (Å²) in [5, 5.41) is 32.2. The zero-order valence-electron chi connectivity index (χ0n) is 31.4. The molecule has 258 valence electrons. The first-order chi connectivity index (χ1) is 27.3. The molecule has 2 aliphatic carbocycles. The molecule has 0 radical (unpaired) electrons. The van der Waals surface area contributed by atoms with Crippen molar-refractivity contribution in [3.05, 3.63) is 155 Å². The van der Waals surface area contributed by atoms with E-state index in [1.54, 1.807) is 0 Å². The van der Waals surface area contributed by atoms with Crippen LogP contribution >= 0.6 is 0 Å². The van der Waals surface area contributed by atoms with E-state index >= 15 is 0 Å². The van der Waals surface area contributed by atoms with Crippen LogP contribution < -0.4 is 0 Å². The van der Waals surface area contributed by atoms with E-state index in [2.05, 4.69) is 137 Å². The van der Waals surface area contributed by atoms with Crippen molar-refractivity contribution >= 4 is 53.9 Å². The van der Waals surface area contributed by atoms with Crippen molar-refractivity contribution in [1.29, 1.82) is 10.5 Å². The second-order valence-corrected chi connectivity index (χ2v) is 16.2. The van der Waals surface area contributed by atoms with E-state index in [9.17, 15) is 10.5 Å². The number of nitrogens with zero attached hydrogens (tertiary/aromatic N) is 2. The zero-order chi connectivity index (χ0) is 37.7. The van der Waals surface area contributed by atoms with Crippen LogP contribution in [0.2, 0.25) is 0 Å². The van der Waals surface area contributed by atoms with Gasteiger partial charge in [0.25, 0.3) is 0 Å². The molecule has 0 unspecified atom stereocenters. The lowest BCUT2D eigenvalue weighted by molar-refractivity contribution is 1.48. The van der Waals surface area contributed by atoms with Gasteiger partial charge in [-0.25, -0.2) is 0 Å². The Kier molecular flexibility index (Phi) is 5.95. The van der Waals surface area contributed by atoms with Crippen LogP contribution in [0.1, 0.15) is 33.4 Å². The molecule has 0 N–H and O–H groups in total. The Balaban J connectivity index is 1.34. The molecule has 0 spiro atoms. The maximum atomic E-state index is 9.77. The Morgan fingerprint density at radius 1 is 0.321 bits per heavy atom. The van der Waals surface area contributed by atoms with Crippen molar-refractivity contribution in [2.24, 2.45) is 0 Å². The van der Waals surface area contributed by atoms with Gasteiger partial charge >= 0.3 is 0 Å². The highest BCUT2D eigenvalue weighted by Gasteiger charge is 2.32. The van der Waals surface area contributed by atoms with E-state index in [1.165, 1.54) is 132 Å². The summed E-state index contributed by atoms with van der Waals surface area (Å²) in [6.07, 6.45) is 0. The number of hydrogen-bond acceptors (Lipinski definition) is 2. The third kappa shape index (κ3) is 3.98. The monoisotopic (exact) mass is 708 g/mol. The van der Waals surface area contributed by atoms with Crippen molar-refractivity contribution in [3.63, 3.8) is 0 Å². The number of nitriles is 2. The lowest BCUT2D eigenvalue weighted by Crippen LogP contribution is -1.95. The van der Waals surface area contributed by atoms with Crippen LogP contribution in [0.3, 0.4) is 0 Å². The first-order valence-electron chi connectivity index (χ1n) is 19.3. The van der Waals surface area contributed by atoms with Crippen LogP contribution in [0.25, 0.3) is 121 Å². The molecule has 56 heavy (non-hydrogen) atoms. The molecule has 10 aromatic rings. The number of aryl methyl sites for hydroxylation is 4. The lowest BCUT2D eigenvalue weighted by atomic mass is 9.80. The molecule has 10 aromatic carbocycles.